The third-order valence-electron chi connectivity index (χ3n) is 2.60. The number of carbonyl (C=O) groups excluding carboxylic acids is 1. The maximum absolute atomic E-state index is 12.1. The minimum absolute atomic E-state index is 0.141. The minimum Gasteiger partial charge on any atom is -0.383 e. The largest absolute Gasteiger partial charge is 0.383 e. The maximum Gasteiger partial charge on any atom is 0.253 e. The summed E-state index contributed by atoms with van der Waals surface area (Å²) in [5.74, 6) is 0.586. The van der Waals surface area contributed by atoms with Gasteiger partial charge in [0.1, 0.15) is 5.82 Å². The van der Waals surface area contributed by atoms with Crippen LogP contribution in [0, 0.1) is 0 Å². The fraction of sp³-hybridized carbons (Fsp3) is 0.308. The van der Waals surface area contributed by atoms with Crippen molar-refractivity contribution in [3.63, 3.8) is 0 Å². The van der Waals surface area contributed by atoms with E-state index in [1.807, 2.05) is 0 Å². The Bertz CT molecular complexity index is 524. The molecular formula is C13H17N5O. The Balaban J connectivity index is 2.01. The molecule has 1 amide bonds. The number of aromatic amines is 1. The third-order valence-corrected chi connectivity index (χ3v) is 2.60. The van der Waals surface area contributed by atoms with Gasteiger partial charge >= 0.3 is 0 Å². The van der Waals surface area contributed by atoms with E-state index in [2.05, 4.69) is 32.5 Å². The van der Waals surface area contributed by atoms with Crippen LogP contribution in [0.2, 0.25) is 0 Å². The molecule has 0 unspecified atom stereocenters. The van der Waals surface area contributed by atoms with Crippen molar-refractivity contribution in [2.75, 3.05) is 11.9 Å². The van der Waals surface area contributed by atoms with Crippen molar-refractivity contribution in [3.05, 3.63) is 42.2 Å². The van der Waals surface area contributed by atoms with Crippen LogP contribution in [0.4, 0.5) is 5.69 Å². The molecule has 2 aromatic heterocycles. The van der Waals surface area contributed by atoms with E-state index >= 15 is 0 Å². The number of aromatic nitrogens is 3. The average Bonchev–Trinajstić information content (AvgIpc) is 2.96. The molecule has 0 aliphatic carbocycles. The van der Waals surface area contributed by atoms with Gasteiger partial charge in [0.05, 0.1) is 24.0 Å². The molecule has 0 atom stereocenters. The summed E-state index contributed by atoms with van der Waals surface area (Å²) < 4.78 is 0. The number of imidazole rings is 1. The molecule has 0 aliphatic heterocycles. The van der Waals surface area contributed by atoms with E-state index in [9.17, 15) is 4.79 Å². The van der Waals surface area contributed by atoms with Crippen LogP contribution in [0.25, 0.3) is 0 Å². The minimum atomic E-state index is -0.141. The summed E-state index contributed by atoms with van der Waals surface area (Å²) in [4.78, 5) is 23.1. The van der Waals surface area contributed by atoms with Crippen molar-refractivity contribution in [1.82, 2.24) is 20.3 Å². The standard InChI is InChI=1S/C13H17N5O/c1-2-4-15-11-8-14-5-3-10(11)13(19)18-9-12-16-6-7-17-12/h3,5-8,15H,2,4,9H2,1H3,(H,16,17)(H,18,19). The lowest BCUT2D eigenvalue weighted by atomic mass is 10.2. The lowest BCUT2D eigenvalue weighted by Crippen LogP contribution is -2.24. The summed E-state index contributed by atoms with van der Waals surface area (Å²) in [6.07, 6.45) is 7.64. The Labute approximate surface area is 111 Å². The Hall–Kier alpha value is -2.37. The number of carbonyl (C=O) groups is 1. The highest BCUT2D eigenvalue weighted by molar-refractivity contribution is 5.99. The molecule has 6 heteroatoms. The smallest absolute Gasteiger partial charge is 0.253 e. The second-order valence-electron chi connectivity index (χ2n) is 4.07. The number of rotatable bonds is 6. The lowest BCUT2D eigenvalue weighted by molar-refractivity contribution is 0.0950. The molecule has 2 heterocycles. The highest BCUT2D eigenvalue weighted by Crippen LogP contribution is 2.13. The number of hydrogen-bond donors (Lipinski definition) is 3. The van der Waals surface area contributed by atoms with Crippen molar-refractivity contribution in [1.29, 1.82) is 0 Å². The molecule has 0 fully saturated rings. The fourth-order valence-corrected chi connectivity index (χ4v) is 1.65. The van der Waals surface area contributed by atoms with Crippen LogP contribution in [0.5, 0.6) is 0 Å². The van der Waals surface area contributed by atoms with Crippen molar-refractivity contribution in [2.24, 2.45) is 0 Å². The zero-order valence-corrected chi connectivity index (χ0v) is 10.8. The molecule has 0 aromatic carbocycles. The van der Waals surface area contributed by atoms with Crippen molar-refractivity contribution in [3.8, 4) is 0 Å². The Morgan fingerprint density at radius 1 is 1.42 bits per heavy atom. The summed E-state index contributed by atoms with van der Waals surface area (Å²) in [7, 11) is 0. The van der Waals surface area contributed by atoms with Gasteiger partial charge in [0.25, 0.3) is 5.91 Å². The van der Waals surface area contributed by atoms with Crippen LogP contribution in [-0.2, 0) is 6.54 Å². The summed E-state index contributed by atoms with van der Waals surface area (Å²) in [6.45, 7) is 3.26. The number of hydrogen-bond acceptors (Lipinski definition) is 4. The quantitative estimate of drug-likeness (QED) is 0.735. The van der Waals surface area contributed by atoms with E-state index in [0.717, 1.165) is 24.5 Å². The van der Waals surface area contributed by atoms with E-state index in [4.69, 9.17) is 0 Å². The first kappa shape index (κ1) is 13.1. The number of nitrogens with zero attached hydrogens (tertiary/aromatic N) is 2. The van der Waals surface area contributed by atoms with Gasteiger partial charge in [0, 0.05) is 25.1 Å². The first-order valence-corrected chi connectivity index (χ1v) is 6.25. The molecule has 0 bridgehead atoms. The molecule has 2 aromatic rings. The maximum atomic E-state index is 12.1. The van der Waals surface area contributed by atoms with Crippen molar-refractivity contribution >= 4 is 11.6 Å². The summed E-state index contributed by atoms with van der Waals surface area (Å²) in [5, 5.41) is 6.01. The molecule has 0 radical (unpaired) electrons. The van der Waals surface area contributed by atoms with E-state index in [0.29, 0.717) is 12.1 Å². The fourth-order valence-electron chi connectivity index (χ4n) is 1.65. The van der Waals surface area contributed by atoms with Gasteiger partial charge in [-0.1, -0.05) is 6.92 Å². The third kappa shape index (κ3) is 3.54. The molecule has 2 rings (SSSR count). The van der Waals surface area contributed by atoms with Crippen molar-refractivity contribution in [2.45, 2.75) is 19.9 Å². The zero-order chi connectivity index (χ0) is 13.5. The molecule has 6 nitrogen and oxygen atoms in total. The van der Waals surface area contributed by atoms with Crippen LogP contribution >= 0.6 is 0 Å². The summed E-state index contributed by atoms with van der Waals surface area (Å²) in [6, 6.07) is 1.70. The van der Waals surface area contributed by atoms with Gasteiger partial charge in [-0.3, -0.25) is 9.78 Å². The number of pyridine rings is 1. The zero-order valence-electron chi connectivity index (χ0n) is 10.8. The van der Waals surface area contributed by atoms with Gasteiger partial charge in [-0.15, -0.1) is 0 Å². The average molecular weight is 259 g/mol. The number of H-pyrrole nitrogens is 1. The van der Waals surface area contributed by atoms with Crippen LogP contribution in [-0.4, -0.2) is 27.4 Å². The first-order valence-electron chi connectivity index (χ1n) is 6.25. The summed E-state index contributed by atoms with van der Waals surface area (Å²) >= 11 is 0. The Kier molecular flexibility index (Phi) is 4.49. The Morgan fingerprint density at radius 3 is 3.05 bits per heavy atom. The van der Waals surface area contributed by atoms with Gasteiger partial charge < -0.3 is 15.6 Å². The van der Waals surface area contributed by atoms with E-state index in [-0.39, 0.29) is 5.91 Å². The van der Waals surface area contributed by atoms with Crippen LogP contribution < -0.4 is 10.6 Å². The monoisotopic (exact) mass is 259 g/mol. The highest BCUT2D eigenvalue weighted by atomic mass is 16.1. The number of amides is 1. The second-order valence-corrected chi connectivity index (χ2v) is 4.07. The highest BCUT2D eigenvalue weighted by Gasteiger charge is 2.10. The Morgan fingerprint density at radius 2 is 2.32 bits per heavy atom. The van der Waals surface area contributed by atoms with Gasteiger partial charge in [-0.2, -0.15) is 0 Å². The topological polar surface area (TPSA) is 82.7 Å². The summed E-state index contributed by atoms with van der Waals surface area (Å²) in [5.41, 5.74) is 1.34. The predicted octanol–water partition coefficient (Wildman–Crippen LogP) is 1.56. The van der Waals surface area contributed by atoms with Crippen LogP contribution in [0.3, 0.4) is 0 Å². The number of anilines is 1. The first-order chi connectivity index (χ1) is 9.31. The predicted molar refractivity (Wildman–Crippen MR) is 72.8 cm³/mol. The van der Waals surface area contributed by atoms with Crippen LogP contribution in [0.15, 0.2) is 30.9 Å². The molecule has 3 N–H and O–H groups in total. The van der Waals surface area contributed by atoms with E-state index in [1.54, 1.807) is 30.9 Å². The molecule has 0 spiro atoms. The molecule has 0 saturated heterocycles. The normalized spacial score (nSPS) is 10.2. The number of nitrogens with one attached hydrogen (secondary N) is 3. The van der Waals surface area contributed by atoms with Gasteiger partial charge in [0.15, 0.2) is 0 Å². The van der Waals surface area contributed by atoms with Gasteiger partial charge in [-0.05, 0) is 12.5 Å². The molecule has 19 heavy (non-hydrogen) atoms. The van der Waals surface area contributed by atoms with E-state index < -0.39 is 0 Å². The van der Waals surface area contributed by atoms with Gasteiger partial charge in [0.2, 0.25) is 0 Å². The lowest BCUT2D eigenvalue weighted by Gasteiger charge is -2.10. The van der Waals surface area contributed by atoms with Crippen molar-refractivity contribution < 1.29 is 4.79 Å². The SMILES string of the molecule is CCCNc1cnccc1C(=O)NCc1ncc[nH]1. The van der Waals surface area contributed by atoms with E-state index in [1.165, 1.54) is 0 Å². The molecular weight excluding hydrogens is 242 g/mol. The second kappa shape index (κ2) is 6.53. The molecule has 0 saturated carbocycles. The van der Waals surface area contributed by atoms with Crippen LogP contribution in [0.1, 0.15) is 29.5 Å². The molecule has 0 aliphatic rings. The van der Waals surface area contributed by atoms with Gasteiger partial charge in [-0.25, -0.2) is 4.98 Å². The molecule has 100 valence electrons.